The number of alkyl halides is 1. The Bertz CT molecular complexity index is 569. The average molecular weight is 328 g/mol. The second kappa shape index (κ2) is 4.90. The number of aromatic nitrogens is 3. The maximum atomic E-state index is 6.34. The molecule has 6 heteroatoms. The summed E-state index contributed by atoms with van der Waals surface area (Å²) in [4.78, 5) is 2.27. The Balaban J connectivity index is 1.97. The minimum atomic E-state index is 0.754. The third-order valence-electron chi connectivity index (χ3n) is 3.17. The van der Waals surface area contributed by atoms with Crippen molar-refractivity contribution >= 4 is 33.2 Å². The number of benzene rings is 1. The second-order valence-electron chi connectivity index (χ2n) is 4.24. The van der Waals surface area contributed by atoms with Crippen LogP contribution in [0.2, 0.25) is 5.02 Å². The van der Waals surface area contributed by atoms with E-state index in [0.29, 0.717) is 0 Å². The van der Waals surface area contributed by atoms with Crippen molar-refractivity contribution in [2.24, 2.45) is 0 Å². The predicted molar refractivity (Wildman–Crippen MR) is 75.2 cm³/mol. The van der Waals surface area contributed by atoms with E-state index in [0.717, 1.165) is 41.5 Å². The van der Waals surface area contributed by atoms with Crippen molar-refractivity contribution < 1.29 is 0 Å². The molecule has 0 bridgehead atoms. The Hall–Kier alpha value is -1.07. The van der Waals surface area contributed by atoms with E-state index in [-0.39, 0.29) is 0 Å². The molecule has 0 saturated heterocycles. The van der Waals surface area contributed by atoms with E-state index in [1.807, 2.05) is 12.1 Å². The lowest BCUT2D eigenvalue weighted by Gasteiger charge is -2.31. The first-order chi connectivity index (χ1) is 8.79. The standard InChI is InChI=1S/C12H12BrClN4/c13-6-9-2-1-3-10(14)12(9)17-4-5-18-8-15-16-11(18)7-17/h1-3,8H,4-7H2. The molecule has 1 aromatic carbocycles. The monoisotopic (exact) mass is 326 g/mol. The van der Waals surface area contributed by atoms with Crippen LogP contribution < -0.4 is 4.90 Å². The molecule has 1 aliphatic heterocycles. The fourth-order valence-corrected chi connectivity index (χ4v) is 3.05. The van der Waals surface area contributed by atoms with Gasteiger partial charge in [-0.15, -0.1) is 10.2 Å². The Kier molecular flexibility index (Phi) is 3.26. The molecule has 0 aliphatic carbocycles. The van der Waals surface area contributed by atoms with Crippen molar-refractivity contribution in [1.29, 1.82) is 0 Å². The summed E-state index contributed by atoms with van der Waals surface area (Å²) in [7, 11) is 0. The number of fused-ring (bicyclic) bond motifs is 1. The molecule has 0 amide bonds. The molecule has 94 valence electrons. The molecule has 0 N–H and O–H groups in total. The molecule has 18 heavy (non-hydrogen) atoms. The fourth-order valence-electron chi connectivity index (χ4n) is 2.28. The van der Waals surface area contributed by atoms with Crippen molar-refractivity contribution in [3.05, 3.63) is 40.9 Å². The van der Waals surface area contributed by atoms with Gasteiger partial charge in [0.15, 0.2) is 5.82 Å². The minimum absolute atomic E-state index is 0.754. The number of rotatable bonds is 2. The van der Waals surface area contributed by atoms with Crippen LogP contribution in [0.15, 0.2) is 24.5 Å². The Morgan fingerprint density at radius 2 is 2.22 bits per heavy atom. The third kappa shape index (κ3) is 2.01. The van der Waals surface area contributed by atoms with Crippen molar-refractivity contribution in [2.75, 3.05) is 11.4 Å². The van der Waals surface area contributed by atoms with Crippen molar-refractivity contribution in [3.63, 3.8) is 0 Å². The molecule has 0 saturated carbocycles. The lowest BCUT2D eigenvalue weighted by Crippen LogP contribution is -2.34. The number of hydrogen-bond acceptors (Lipinski definition) is 3. The van der Waals surface area contributed by atoms with Gasteiger partial charge in [0.2, 0.25) is 0 Å². The molecule has 3 rings (SSSR count). The van der Waals surface area contributed by atoms with Crippen LogP contribution in [0.4, 0.5) is 5.69 Å². The highest BCUT2D eigenvalue weighted by Gasteiger charge is 2.21. The number of halogens is 2. The smallest absolute Gasteiger partial charge is 0.152 e. The molecule has 0 unspecified atom stereocenters. The summed E-state index contributed by atoms with van der Waals surface area (Å²) < 4.78 is 2.08. The summed E-state index contributed by atoms with van der Waals surface area (Å²) in [6.45, 7) is 2.58. The third-order valence-corrected chi connectivity index (χ3v) is 4.08. The maximum Gasteiger partial charge on any atom is 0.152 e. The molecule has 0 fully saturated rings. The number of nitrogens with zero attached hydrogens (tertiary/aromatic N) is 4. The summed E-state index contributed by atoms with van der Waals surface area (Å²) in [5.74, 6) is 0.988. The van der Waals surface area contributed by atoms with Gasteiger partial charge in [0, 0.05) is 18.4 Å². The van der Waals surface area contributed by atoms with Crippen molar-refractivity contribution in [2.45, 2.75) is 18.4 Å². The van der Waals surface area contributed by atoms with Gasteiger partial charge in [-0.25, -0.2) is 0 Å². The summed E-state index contributed by atoms with van der Waals surface area (Å²) in [5, 5.41) is 9.66. The summed E-state index contributed by atoms with van der Waals surface area (Å²) in [6.07, 6.45) is 1.78. The van der Waals surface area contributed by atoms with Crippen LogP contribution >= 0.6 is 27.5 Å². The van der Waals surface area contributed by atoms with E-state index in [4.69, 9.17) is 11.6 Å². The van der Waals surface area contributed by atoms with Crippen LogP contribution in [0.3, 0.4) is 0 Å². The van der Waals surface area contributed by atoms with Gasteiger partial charge in [-0.3, -0.25) is 0 Å². The molecule has 0 radical (unpaired) electrons. The van der Waals surface area contributed by atoms with Gasteiger partial charge >= 0.3 is 0 Å². The molecular formula is C12H12BrClN4. The number of anilines is 1. The first-order valence-electron chi connectivity index (χ1n) is 5.74. The zero-order chi connectivity index (χ0) is 12.5. The molecule has 0 spiro atoms. The average Bonchev–Trinajstić information content (AvgIpc) is 2.85. The fraction of sp³-hybridized carbons (Fsp3) is 0.333. The second-order valence-corrected chi connectivity index (χ2v) is 5.21. The van der Waals surface area contributed by atoms with Crippen LogP contribution in [0.1, 0.15) is 11.4 Å². The Morgan fingerprint density at radius 3 is 3.06 bits per heavy atom. The lowest BCUT2D eigenvalue weighted by molar-refractivity contribution is 0.559. The Labute approximate surface area is 119 Å². The Morgan fingerprint density at radius 1 is 1.33 bits per heavy atom. The molecule has 4 nitrogen and oxygen atoms in total. The molecule has 2 aromatic rings. The van der Waals surface area contributed by atoms with E-state index in [2.05, 4.69) is 41.7 Å². The van der Waals surface area contributed by atoms with Gasteiger partial charge < -0.3 is 9.47 Å². The number of hydrogen-bond donors (Lipinski definition) is 0. The minimum Gasteiger partial charge on any atom is -0.361 e. The quantitative estimate of drug-likeness (QED) is 0.795. The van der Waals surface area contributed by atoms with Gasteiger partial charge in [-0.1, -0.05) is 39.7 Å². The first kappa shape index (κ1) is 12.0. The lowest BCUT2D eigenvalue weighted by atomic mass is 10.1. The molecule has 1 aliphatic rings. The van der Waals surface area contributed by atoms with E-state index < -0.39 is 0 Å². The largest absolute Gasteiger partial charge is 0.361 e. The molecular weight excluding hydrogens is 316 g/mol. The highest BCUT2D eigenvalue weighted by atomic mass is 79.9. The van der Waals surface area contributed by atoms with E-state index in [9.17, 15) is 0 Å². The van der Waals surface area contributed by atoms with Crippen LogP contribution in [0, 0.1) is 0 Å². The zero-order valence-electron chi connectivity index (χ0n) is 9.68. The predicted octanol–water partition coefficient (Wildman–Crippen LogP) is 2.85. The SMILES string of the molecule is Clc1cccc(CBr)c1N1CCn2cnnc2C1. The van der Waals surface area contributed by atoms with Gasteiger partial charge in [-0.05, 0) is 11.6 Å². The normalized spacial score (nSPS) is 14.7. The van der Waals surface area contributed by atoms with Gasteiger partial charge in [0.25, 0.3) is 0 Å². The van der Waals surface area contributed by atoms with Crippen molar-refractivity contribution in [1.82, 2.24) is 14.8 Å². The van der Waals surface area contributed by atoms with Crippen LogP contribution in [-0.2, 0) is 18.4 Å². The molecule has 0 atom stereocenters. The van der Waals surface area contributed by atoms with E-state index in [1.54, 1.807) is 6.33 Å². The van der Waals surface area contributed by atoms with Crippen LogP contribution in [0.5, 0.6) is 0 Å². The van der Waals surface area contributed by atoms with Gasteiger partial charge in [0.05, 0.1) is 17.3 Å². The topological polar surface area (TPSA) is 34.0 Å². The molecule has 1 aromatic heterocycles. The van der Waals surface area contributed by atoms with Gasteiger partial charge in [-0.2, -0.15) is 0 Å². The van der Waals surface area contributed by atoms with E-state index in [1.165, 1.54) is 5.56 Å². The zero-order valence-corrected chi connectivity index (χ0v) is 12.0. The maximum absolute atomic E-state index is 6.34. The highest BCUT2D eigenvalue weighted by molar-refractivity contribution is 9.08. The van der Waals surface area contributed by atoms with Crippen LogP contribution in [-0.4, -0.2) is 21.3 Å². The summed E-state index contributed by atoms with van der Waals surface area (Å²) >= 11 is 9.85. The first-order valence-corrected chi connectivity index (χ1v) is 7.24. The molecule has 2 heterocycles. The van der Waals surface area contributed by atoms with Crippen LogP contribution in [0.25, 0.3) is 0 Å². The summed E-state index contributed by atoms with van der Waals surface area (Å²) in [5.41, 5.74) is 2.31. The number of para-hydroxylation sites is 1. The highest BCUT2D eigenvalue weighted by Crippen LogP contribution is 2.33. The van der Waals surface area contributed by atoms with Gasteiger partial charge in [0.1, 0.15) is 6.33 Å². The summed E-state index contributed by atoms with van der Waals surface area (Å²) in [6, 6.07) is 6.01. The van der Waals surface area contributed by atoms with E-state index >= 15 is 0 Å². The van der Waals surface area contributed by atoms with Crippen molar-refractivity contribution in [3.8, 4) is 0 Å².